The summed E-state index contributed by atoms with van der Waals surface area (Å²) in [5.74, 6) is 0.935. The number of rotatable bonds is 8. The summed E-state index contributed by atoms with van der Waals surface area (Å²) in [4.78, 5) is 14.6. The van der Waals surface area contributed by atoms with Gasteiger partial charge in [-0.05, 0) is 37.5 Å². The standard InChI is InChI=1S/C16H22N2O2S/c1-12-3-2-4-14(11-12)20-10-8-16(19)18(13-5-6-13)9-7-15(17)21/h2-4,11,13H,5-10H2,1H3,(H2,17,21). The van der Waals surface area contributed by atoms with Crippen LogP contribution in [0.3, 0.4) is 0 Å². The highest BCUT2D eigenvalue weighted by Crippen LogP contribution is 2.27. The Morgan fingerprint density at radius 1 is 1.43 bits per heavy atom. The highest BCUT2D eigenvalue weighted by molar-refractivity contribution is 7.80. The van der Waals surface area contributed by atoms with Crippen LogP contribution in [0.15, 0.2) is 24.3 Å². The van der Waals surface area contributed by atoms with Crippen molar-refractivity contribution >= 4 is 23.1 Å². The molecular weight excluding hydrogens is 284 g/mol. The average Bonchev–Trinajstić information content (AvgIpc) is 3.23. The van der Waals surface area contributed by atoms with Crippen molar-refractivity contribution in [1.29, 1.82) is 0 Å². The lowest BCUT2D eigenvalue weighted by Crippen LogP contribution is -2.36. The number of aryl methyl sites for hydroxylation is 1. The number of carbonyl (C=O) groups excluding carboxylic acids is 1. The molecule has 0 bridgehead atoms. The predicted octanol–water partition coefficient (Wildman–Crippen LogP) is 2.43. The largest absolute Gasteiger partial charge is 0.493 e. The molecule has 1 aromatic carbocycles. The monoisotopic (exact) mass is 306 g/mol. The van der Waals surface area contributed by atoms with Crippen LogP contribution in [0.5, 0.6) is 5.75 Å². The maximum atomic E-state index is 12.3. The summed E-state index contributed by atoms with van der Waals surface area (Å²) in [6.45, 7) is 3.05. The third kappa shape index (κ3) is 5.34. The van der Waals surface area contributed by atoms with Crippen molar-refractivity contribution in [2.24, 2.45) is 5.73 Å². The Kier molecular flexibility index (Phi) is 5.56. The Hall–Kier alpha value is -1.62. The van der Waals surface area contributed by atoms with Crippen molar-refractivity contribution in [2.75, 3.05) is 13.2 Å². The third-order valence-corrected chi connectivity index (χ3v) is 3.69. The zero-order valence-corrected chi connectivity index (χ0v) is 13.2. The van der Waals surface area contributed by atoms with Gasteiger partial charge in [-0.15, -0.1) is 0 Å². The summed E-state index contributed by atoms with van der Waals surface area (Å²) < 4.78 is 5.64. The molecular formula is C16H22N2O2S. The van der Waals surface area contributed by atoms with E-state index in [4.69, 9.17) is 22.7 Å². The lowest BCUT2D eigenvalue weighted by atomic mass is 10.2. The SMILES string of the molecule is Cc1cccc(OCCC(=O)N(CCC(N)=S)C2CC2)c1. The van der Waals surface area contributed by atoms with Crippen LogP contribution in [0, 0.1) is 6.92 Å². The summed E-state index contributed by atoms with van der Waals surface area (Å²) in [7, 11) is 0. The van der Waals surface area contributed by atoms with E-state index in [-0.39, 0.29) is 5.91 Å². The molecule has 114 valence electrons. The van der Waals surface area contributed by atoms with Crippen LogP contribution in [-0.4, -0.2) is 35.0 Å². The van der Waals surface area contributed by atoms with Gasteiger partial charge >= 0.3 is 0 Å². The maximum absolute atomic E-state index is 12.3. The fourth-order valence-corrected chi connectivity index (χ4v) is 2.32. The lowest BCUT2D eigenvalue weighted by molar-refractivity contribution is -0.132. The molecule has 5 heteroatoms. The van der Waals surface area contributed by atoms with Crippen molar-refractivity contribution < 1.29 is 9.53 Å². The van der Waals surface area contributed by atoms with Crippen molar-refractivity contribution in [3.63, 3.8) is 0 Å². The van der Waals surface area contributed by atoms with Gasteiger partial charge in [0.1, 0.15) is 5.75 Å². The summed E-state index contributed by atoms with van der Waals surface area (Å²) in [5.41, 5.74) is 6.67. The molecule has 0 spiro atoms. The van der Waals surface area contributed by atoms with Crippen molar-refractivity contribution in [1.82, 2.24) is 4.90 Å². The molecule has 0 radical (unpaired) electrons. The Balaban J connectivity index is 1.78. The number of benzene rings is 1. The van der Waals surface area contributed by atoms with Crippen LogP contribution in [0.1, 0.15) is 31.2 Å². The summed E-state index contributed by atoms with van der Waals surface area (Å²) in [6, 6.07) is 8.22. The molecule has 2 N–H and O–H groups in total. The second kappa shape index (κ2) is 7.41. The van der Waals surface area contributed by atoms with Gasteiger partial charge in [0.15, 0.2) is 0 Å². The quantitative estimate of drug-likeness (QED) is 0.750. The van der Waals surface area contributed by atoms with Gasteiger partial charge in [0.25, 0.3) is 0 Å². The Labute approximate surface area is 131 Å². The first kappa shape index (κ1) is 15.8. The van der Waals surface area contributed by atoms with Crippen LogP contribution in [0.2, 0.25) is 0 Å². The molecule has 4 nitrogen and oxygen atoms in total. The van der Waals surface area contributed by atoms with Crippen molar-refractivity contribution in [3.05, 3.63) is 29.8 Å². The van der Waals surface area contributed by atoms with E-state index in [9.17, 15) is 4.79 Å². The van der Waals surface area contributed by atoms with Gasteiger partial charge in [0.05, 0.1) is 18.0 Å². The Morgan fingerprint density at radius 2 is 2.19 bits per heavy atom. The minimum atomic E-state index is 0.126. The van der Waals surface area contributed by atoms with Crippen LogP contribution >= 0.6 is 12.2 Å². The molecule has 0 atom stereocenters. The number of nitrogens with zero attached hydrogens (tertiary/aromatic N) is 1. The molecule has 1 fully saturated rings. The van der Waals surface area contributed by atoms with E-state index >= 15 is 0 Å². The summed E-state index contributed by atoms with van der Waals surface area (Å²) >= 11 is 4.89. The molecule has 0 saturated heterocycles. The molecule has 2 rings (SSSR count). The Morgan fingerprint density at radius 3 is 2.81 bits per heavy atom. The number of ether oxygens (including phenoxy) is 1. The normalized spacial score (nSPS) is 13.8. The molecule has 1 aromatic rings. The van der Waals surface area contributed by atoms with E-state index in [0.717, 1.165) is 24.2 Å². The number of nitrogens with two attached hydrogens (primary N) is 1. The fraction of sp³-hybridized carbons (Fsp3) is 0.500. The molecule has 0 unspecified atom stereocenters. The summed E-state index contributed by atoms with van der Waals surface area (Å²) in [6.07, 6.45) is 3.15. The zero-order valence-electron chi connectivity index (χ0n) is 12.4. The van der Waals surface area contributed by atoms with E-state index < -0.39 is 0 Å². The minimum Gasteiger partial charge on any atom is -0.493 e. The van der Waals surface area contributed by atoms with Gasteiger partial charge in [0, 0.05) is 19.0 Å². The second-order valence-corrected chi connectivity index (χ2v) is 5.97. The first-order valence-electron chi connectivity index (χ1n) is 7.33. The highest BCUT2D eigenvalue weighted by atomic mass is 32.1. The predicted molar refractivity (Wildman–Crippen MR) is 87.4 cm³/mol. The first-order valence-corrected chi connectivity index (χ1v) is 7.74. The van der Waals surface area contributed by atoms with E-state index in [1.54, 1.807) is 0 Å². The molecule has 0 aliphatic heterocycles. The maximum Gasteiger partial charge on any atom is 0.226 e. The van der Waals surface area contributed by atoms with Gasteiger partial charge in [-0.3, -0.25) is 4.79 Å². The third-order valence-electron chi connectivity index (χ3n) is 3.48. The zero-order chi connectivity index (χ0) is 15.2. The van der Waals surface area contributed by atoms with Gasteiger partial charge in [-0.2, -0.15) is 0 Å². The number of carbonyl (C=O) groups is 1. The van der Waals surface area contributed by atoms with Crippen LogP contribution in [0.4, 0.5) is 0 Å². The molecule has 1 amide bonds. The van der Waals surface area contributed by atoms with Crippen LogP contribution in [0.25, 0.3) is 0 Å². The van der Waals surface area contributed by atoms with E-state index in [1.165, 1.54) is 0 Å². The number of thiocarbonyl (C=S) groups is 1. The number of amides is 1. The highest BCUT2D eigenvalue weighted by Gasteiger charge is 2.31. The smallest absolute Gasteiger partial charge is 0.226 e. The van der Waals surface area contributed by atoms with Gasteiger partial charge in [0.2, 0.25) is 5.91 Å². The number of hydrogen-bond acceptors (Lipinski definition) is 3. The number of hydrogen-bond donors (Lipinski definition) is 1. The van der Waals surface area contributed by atoms with Gasteiger partial charge in [-0.1, -0.05) is 24.4 Å². The van der Waals surface area contributed by atoms with Crippen LogP contribution < -0.4 is 10.5 Å². The minimum absolute atomic E-state index is 0.126. The lowest BCUT2D eigenvalue weighted by Gasteiger charge is -2.22. The van der Waals surface area contributed by atoms with Gasteiger partial charge in [-0.25, -0.2) is 0 Å². The molecule has 1 aliphatic carbocycles. The molecule has 1 saturated carbocycles. The average molecular weight is 306 g/mol. The van der Waals surface area contributed by atoms with E-state index in [1.807, 2.05) is 36.1 Å². The Bertz CT molecular complexity index is 515. The molecule has 21 heavy (non-hydrogen) atoms. The van der Waals surface area contributed by atoms with Crippen LogP contribution in [-0.2, 0) is 4.79 Å². The van der Waals surface area contributed by atoms with Crippen molar-refractivity contribution in [2.45, 2.75) is 38.6 Å². The van der Waals surface area contributed by atoms with Crippen molar-refractivity contribution in [3.8, 4) is 5.75 Å². The summed E-state index contributed by atoms with van der Waals surface area (Å²) in [5, 5.41) is 0. The fourth-order valence-electron chi connectivity index (χ4n) is 2.23. The first-order chi connectivity index (χ1) is 10.1. The molecule has 1 aliphatic rings. The molecule has 0 heterocycles. The molecule has 0 aromatic heterocycles. The van der Waals surface area contributed by atoms with E-state index in [2.05, 4.69) is 0 Å². The topological polar surface area (TPSA) is 55.6 Å². The van der Waals surface area contributed by atoms with Gasteiger partial charge < -0.3 is 15.4 Å². The van der Waals surface area contributed by atoms with E-state index in [0.29, 0.717) is 37.0 Å². The second-order valence-electron chi connectivity index (χ2n) is 5.45.